The van der Waals surface area contributed by atoms with E-state index >= 15 is 0 Å². The molecule has 1 aliphatic carbocycles. The molecule has 2 aliphatic rings. The van der Waals surface area contributed by atoms with Crippen LogP contribution >= 0.6 is 11.6 Å². The minimum Gasteiger partial charge on any atom is -0.390 e. The molecule has 1 saturated heterocycles. The summed E-state index contributed by atoms with van der Waals surface area (Å²) in [5.41, 5.74) is 4.57. The Labute approximate surface area is 254 Å². The molecule has 3 N–H and O–H groups in total. The summed E-state index contributed by atoms with van der Waals surface area (Å²) in [6, 6.07) is 23.1. The average molecular weight is 588 g/mol. The topological polar surface area (TPSA) is 81.7 Å². The van der Waals surface area contributed by atoms with Crippen LogP contribution in [0.2, 0.25) is 5.02 Å². The van der Waals surface area contributed by atoms with Gasteiger partial charge in [-0.25, -0.2) is 0 Å². The van der Waals surface area contributed by atoms with Gasteiger partial charge in [0.1, 0.15) is 0 Å². The fourth-order valence-corrected chi connectivity index (χ4v) is 6.57. The SMILES string of the molecule is CCC(NC[C@@H](O)[C@H](Cc1ccccc1)NC(=O)c1cc(C2CCCC2)cc(N2CCCC2=O)c1)c1cccc(Cl)c1. The molecular formula is C35H42ClN3O3. The van der Waals surface area contributed by atoms with Crippen LogP contribution in [0.1, 0.15) is 90.9 Å². The Balaban J connectivity index is 1.36. The van der Waals surface area contributed by atoms with E-state index in [0.29, 0.717) is 42.4 Å². The highest BCUT2D eigenvalue weighted by Crippen LogP contribution is 2.37. The van der Waals surface area contributed by atoms with Crippen LogP contribution in [-0.2, 0) is 11.2 Å². The number of benzene rings is 3. The van der Waals surface area contributed by atoms with Crippen LogP contribution in [0.5, 0.6) is 0 Å². The standard InChI is InChI=1S/C35H42ClN3O3/c1-2-31(26-14-8-15-29(36)20-26)37-23-33(40)32(18-24-10-4-3-5-11-24)38-35(42)28-19-27(25-12-6-7-13-25)21-30(22-28)39-17-9-16-34(39)41/h3-5,8,10-11,14-15,19-22,25,31-33,37,40H,2,6-7,9,12-13,16-18,23H2,1H3,(H,38,42)/t31?,32-,33+/m0/s1. The highest BCUT2D eigenvalue weighted by atomic mass is 35.5. The van der Waals surface area contributed by atoms with Crippen LogP contribution in [-0.4, -0.2) is 42.2 Å². The maximum Gasteiger partial charge on any atom is 0.251 e. The molecular weight excluding hydrogens is 546 g/mol. The molecule has 1 aliphatic heterocycles. The van der Waals surface area contributed by atoms with E-state index in [0.717, 1.165) is 48.1 Å². The second kappa shape index (κ2) is 14.3. The molecule has 1 heterocycles. The van der Waals surface area contributed by atoms with E-state index in [-0.39, 0.29) is 17.9 Å². The number of anilines is 1. The number of aliphatic hydroxyl groups is 1. The monoisotopic (exact) mass is 587 g/mol. The summed E-state index contributed by atoms with van der Waals surface area (Å²) < 4.78 is 0. The van der Waals surface area contributed by atoms with Gasteiger partial charge in [0, 0.05) is 41.8 Å². The Morgan fingerprint density at radius 2 is 1.81 bits per heavy atom. The normalized spacial score (nSPS) is 17.8. The number of hydrogen-bond acceptors (Lipinski definition) is 4. The van der Waals surface area contributed by atoms with Gasteiger partial charge in [-0.05, 0) is 85.0 Å². The van der Waals surface area contributed by atoms with E-state index in [9.17, 15) is 14.7 Å². The van der Waals surface area contributed by atoms with Crippen molar-refractivity contribution in [2.24, 2.45) is 0 Å². The van der Waals surface area contributed by atoms with Crippen LogP contribution in [0.15, 0.2) is 72.8 Å². The lowest BCUT2D eigenvalue weighted by atomic mass is 9.94. The van der Waals surface area contributed by atoms with Gasteiger partial charge >= 0.3 is 0 Å². The van der Waals surface area contributed by atoms with Crippen molar-refractivity contribution in [1.82, 2.24) is 10.6 Å². The van der Waals surface area contributed by atoms with Gasteiger partial charge in [-0.3, -0.25) is 9.59 Å². The van der Waals surface area contributed by atoms with E-state index in [4.69, 9.17) is 11.6 Å². The second-order valence-corrected chi connectivity index (χ2v) is 12.1. The average Bonchev–Trinajstić information content (AvgIpc) is 3.70. The summed E-state index contributed by atoms with van der Waals surface area (Å²) in [4.78, 5) is 28.3. The zero-order chi connectivity index (χ0) is 29.5. The minimum absolute atomic E-state index is 0.0232. The van der Waals surface area contributed by atoms with Crippen molar-refractivity contribution in [3.8, 4) is 0 Å². The summed E-state index contributed by atoms with van der Waals surface area (Å²) in [6.07, 6.45) is 6.44. The molecule has 0 bridgehead atoms. The van der Waals surface area contributed by atoms with Crippen LogP contribution in [0.3, 0.4) is 0 Å². The van der Waals surface area contributed by atoms with E-state index in [1.54, 1.807) is 0 Å². The number of nitrogens with one attached hydrogen (secondary N) is 2. The van der Waals surface area contributed by atoms with Gasteiger partial charge in [-0.15, -0.1) is 0 Å². The van der Waals surface area contributed by atoms with Gasteiger partial charge in [0.15, 0.2) is 0 Å². The lowest BCUT2D eigenvalue weighted by Gasteiger charge is -2.27. The van der Waals surface area contributed by atoms with Crippen LogP contribution in [0.25, 0.3) is 0 Å². The molecule has 1 saturated carbocycles. The third kappa shape index (κ3) is 7.60. The van der Waals surface area contributed by atoms with E-state index < -0.39 is 12.1 Å². The Morgan fingerprint density at radius 3 is 2.50 bits per heavy atom. The van der Waals surface area contributed by atoms with E-state index in [1.165, 1.54) is 12.8 Å². The Bertz CT molecular complexity index is 1360. The smallest absolute Gasteiger partial charge is 0.251 e. The predicted octanol–water partition coefficient (Wildman–Crippen LogP) is 6.57. The van der Waals surface area contributed by atoms with Gasteiger partial charge in [0.25, 0.3) is 5.91 Å². The number of rotatable bonds is 12. The van der Waals surface area contributed by atoms with E-state index in [1.807, 2.05) is 71.6 Å². The fourth-order valence-electron chi connectivity index (χ4n) is 6.37. The molecule has 2 fully saturated rings. The first-order valence-electron chi connectivity index (χ1n) is 15.4. The highest BCUT2D eigenvalue weighted by molar-refractivity contribution is 6.30. The Hall–Kier alpha value is -3.19. The maximum atomic E-state index is 13.9. The Morgan fingerprint density at radius 1 is 1.02 bits per heavy atom. The molecule has 222 valence electrons. The lowest BCUT2D eigenvalue weighted by molar-refractivity contribution is -0.117. The van der Waals surface area contributed by atoms with Crippen molar-refractivity contribution in [2.75, 3.05) is 18.0 Å². The van der Waals surface area contributed by atoms with Crippen LogP contribution in [0.4, 0.5) is 5.69 Å². The van der Waals surface area contributed by atoms with Crippen LogP contribution in [0, 0.1) is 0 Å². The van der Waals surface area contributed by atoms with Crippen molar-refractivity contribution >= 4 is 29.1 Å². The molecule has 1 unspecified atom stereocenters. The van der Waals surface area contributed by atoms with Gasteiger partial charge in [0.05, 0.1) is 12.1 Å². The van der Waals surface area contributed by atoms with E-state index in [2.05, 4.69) is 23.6 Å². The molecule has 6 nitrogen and oxygen atoms in total. The molecule has 0 aromatic heterocycles. The van der Waals surface area contributed by atoms with Crippen molar-refractivity contribution in [1.29, 1.82) is 0 Å². The molecule has 3 aromatic rings. The first-order valence-corrected chi connectivity index (χ1v) is 15.8. The van der Waals surface area contributed by atoms with Gasteiger partial charge in [0.2, 0.25) is 5.91 Å². The summed E-state index contributed by atoms with van der Waals surface area (Å²) in [5, 5.41) is 18.8. The summed E-state index contributed by atoms with van der Waals surface area (Å²) >= 11 is 6.23. The van der Waals surface area contributed by atoms with Gasteiger partial charge in [-0.1, -0.05) is 73.8 Å². The highest BCUT2D eigenvalue weighted by Gasteiger charge is 2.28. The van der Waals surface area contributed by atoms with Gasteiger partial charge < -0.3 is 20.6 Å². The summed E-state index contributed by atoms with van der Waals surface area (Å²) in [7, 11) is 0. The quantitative estimate of drug-likeness (QED) is 0.224. The molecule has 3 atom stereocenters. The second-order valence-electron chi connectivity index (χ2n) is 11.7. The van der Waals surface area contributed by atoms with Crippen molar-refractivity contribution in [3.05, 3.63) is 100 Å². The lowest BCUT2D eigenvalue weighted by Crippen LogP contribution is -2.49. The number of carbonyl (C=O) groups excluding carboxylic acids is 2. The predicted molar refractivity (Wildman–Crippen MR) is 169 cm³/mol. The number of aliphatic hydroxyl groups excluding tert-OH is 1. The molecule has 0 radical (unpaired) electrons. The van der Waals surface area contributed by atoms with Crippen molar-refractivity contribution < 1.29 is 14.7 Å². The maximum absolute atomic E-state index is 13.9. The number of hydrogen-bond donors (Lipinski definition) is 3. The first kappa shape index (κ1) is 30.3. The van der Waals surface area contributed by atoms with Gasteiger partial charge in [-0.2, -0.15) is 0 Å². The third-order valence-electron chi connectivity index (χ3n) is 8.73. The summed E-state index contributed by atoms with van der Waals surface area (Å²) in [6.45, 7) is 3.08. The number of halogens is 1. The van der Waals surface area contributed by atoms with Crippen molar-refractivity contribution in [2.45, 2.75) is 82.4 Å². The molecule has 3 aromatic carbocycles. The first-order chi connectivity index (χ1) is 20.4. The minimum atomic E-state index is -0.833. The van der Waals surface area contributed by atoms with Crippen LogP contribution < -0.4 is 15.5 Å². The number of carbonyl (C=O) groups is 2. The largest absolute Gasteiger partial charge is 0.390 e. The molecule has 42 heavy (non-hydrogen) atoms. The van der Waals surface area contributed by atoms with Crippen molar-refractivity contribution in [3.63, 3.8) is 0 Å². The zero-order valence-corrected chi connectivity index (χ0v) is 25.2. The Kier molecular flexibility index (Phi) is 10.3. The molecule has 0 spiro atoms. The molecule has 2 amide bonds. The fraction of sp³-hybridized carbons (Fsp3) is 0.429. The number of nitrogens with zero attached hydrogens (tertiary/aromatic N) is 1. The number of amides is 2. The zero-order valence-electron chi connectivity index (χ0n) is 24.4. The third-order valence-corrected chi connectivity index (χ3v) is 8.96. The summed E-state index contributed by atoms with van der Waals surface area (Å²) in [5.74, 6) is 0.282. The molecule has 5 rings (SSSR count). The molecule has 7 heteroatoms.